The van der Waals surface area contributed by atoms with Crippen LogP contribution in [0, 0.1) is 0 Å². The van der Waals surface area contributed by atoms with E-state index in [0.29, 0.717) is 16.1 Å². The van der Waals surface area contributed by atoms with E-state index >= 15 is 0 Å². The molecule has 0 unspecified atom stereocenters. The molecule has 4 nitrogen and oxygen atoms in total. The van der Waals surface area contributed by atoms with Gasteiger partial charge in [0.25, 0.3) is 0 Å². The summed E-state index contributed by atoms with van der Waals surface area (Å²) >= 11 is 5.05. The normalized spacial score (nSPS) is 10.2. The van der Waals surface area contributed by atoms with Crippen LogP contribution in [0.3, 0.4) is 0 Å². The maximum Gasteiger partial charge on any atom is 0.150 e. The van der Waals surface area contributed by atoms with Gasteiger partial charge in [-0.3, -0.25) is 0 Å². The number of nitrogens with one attached hydrogen (secondary N) is 1. The first-order valence-corrected chi connectivity index (χ1v) is 6.89. The molecule has 0 aliphatic carbocycles. The SMILES string of the molecule is CSc1cccc(Nc2ncnc(N)c2Br)c1. The molecule has 0 radical (unpaired) electrons. The van der Waals surface area contributed by atoms with E-state index in [1.165, 1.54) is 11.2 Å². The van der Waals surface area contributed by atoms with Crippen molar-refractivity contribution in [3.05, 3.63) is 35.1 Å². The van der Waals surface area contributed by atoms with Crippen LogP contribution in [-0.2, 0) is 0 Å². The van der Waals surface area contributed by atoms with E-state index in [1.807, 2.05) is 18.4 Å². The van der Waals surface area contributed by atoms with Gasteiger partial charge in [-0.1, -0.05) is 6.07 Å². The van der Waals surface area contributed by atoms with Crippen molar-refractivity contribution in [1.29, 1.82) is 0 Å². The second kappa shape index (κ2) is 5.37. The van der Waals surface area contributed by atoms with Crippen LogP contribution < -0.4 is 11.1 Å². The number of halogens is 1. The summed E-state index contributed by atoms with van der Waals surface area (Å²) in [4.78, 5) is 9.21. The van der Waals surface area contributed by atoms with E-state index in [4.69, 9.17) is 5.73 Å². The van der Waals surface area contributed by atoms with Crippen molar-refractivity contribution in [2.24, 2.45) is 0 Å². The van der Waals surface area contributed by atoms with Gasteiger partial charge >= 0.3 is 0 Å². The number of nitrogens with zero attached hydrogens (tertiary/aromatic N) is 2. The average molecular weight is 311 g/mol. The van der Waals surface area contributed by atoms with Crippen LogP contribution in [0.5, 0.6) is 0 Å². The standard InChI is InChI=1S/C11H11BrN4S/c1-17-8-4-2-3-7(5-8)16-11-9(12)10(13)14-6-15-11/h2-6H,1H3,(H3,13,14,15,16). The van der Waals surface area contributed by atoms with Gasteiger partial charge in [-0.05, 0) is 40.4 Å². The van der Waals surface area contributed by atoms with Gasteiger partial charge in [0.05, 0.1) is 0 Å². The van der Waals surface area contributed by atoms with Crippen LogP contribution in [0.4, 0.5) is 17.3 Å². The van der Waals surface area contributed by atoms with E-state index in [1.54, 1.807) is 11.8 Å². The summed E-state index contributed by atoms with van der Waals surface area (Å²) in [5, 5.41) is 3.20. The Balaban J connectivity index is 2.28. The Bertz CT molecular complexity index is 533. The first-order valence-electron chi connectivity index (χ1n) is 4.88. The van der Waals surface area contributed by atoms with E-state index < -0.39 is 0 Å². The molecule has 0 aliphatic heterocycles. The summed E-state index contributed by atoms with van der Waals surface area (Å²) in [7, 11) is 0. The second-order valence-electron chi connectivity index (χ2n) is 3.28. The third-order valence-corrected chi connectivity index (χ3v) is 3.66. The molecule has 6 heteroatoms. The molecule has 1 heterocycles. The van der Waals surface area contributed by atoms with Crippen LogP contribution >= 0.6 is 27.7 Å². The van der Waals surface area contributed by atoms with Gasteiger partial charge in [0, 0.05) is 10.6 Å². The monoisotopic (exact) mass is 310 g/mol. The fourth-order valence-electron chi connectivity index (χ4n) is 1.31. The summed E-state index contributed by atoms with van der Waals surface area (Å²) in [6.07, 6.45) is 3.47. The van der Waals surface area contributed by atoms with Crippen LogP contribution in [0.1, 0.15) is 0 Å². The lowest BCUT2D eigenvalue weighted by Gasteiger charge is -2.09. The molecule has 0 fully saturated rings. The number of nitrogen functional groups attached to an aromatic ring is 1. The highest BCUT2D eigenvalue weighted by molar-refractivity contribution is 9.10. The Morgan fingerprint density at radius 3 is 2.94 bits per heavy atom. The van der Waals surface area contributed by atoms with Gasteiger partial charge < -0.3 is 11.1 Å². The first kappa shape index (κ1) is 12.2. The molecule has 0 saturated heterocycles. The van der Waals surface area contributed by atoms with E-state index in [0.717, 1.165) is 5.69 Å². The van der Waals surface area contributed by atoms with Gasteiger partial charge in [-0.15, -0.1) is 11.8 Å². The lowest BCUT2D eigenvalue weighted by molar-refractivity contribution is 1.16. The summed E-state index contributed by atoms with van der Waals surface area (Å²) in [6, 6.07) is 8.08. The predicted molar refractivity (Wildman–Crippen MR) is 75.7 cm³/mol. The van der Waals surface area contributed by atoms with E-state index in [9.17, 15) is 0 Å². The van der Waals surface area contributed by atoms with Gasteiger partial charge in [0.15, 0.2) is 0 Å². The number of benzene rings is 1. The van der Waals surface area contributed by atoms with Crippen molar-refractivity contribution in [1.82, 2.24) is 9.97 Å². The smallest absolute Gasteiger partial charge is 0.150 e. The molecule has 1 aromatic carbocycles. The number of thioether (sulfide) groups is 1. The Labute approximate surface area is 112 Å². The van der Waals surface area contributed by atoms with Crippen LogP contribution in [-0.4, -0.2) is 16.2 Å². The fourth-order valence-corrected chi connectivity index (χ4v) is 2.07. The number of hydrogen-bond acceptors (Lipinski definition) is 5. The quantitative estimate of drug-likeness (QED) is 0.852. The molecule has 0 amide bonds. The molecule has 0 aliphatic rings. The molecule has 2 aromatic rings. The third-order valence-electron chi connectivity index (χ3n) is 2.15. The second-order valence-corrected chi connectivity index (χ2v) is 4.95. The minimum atomic E-state index is 0.420. The molecule has 0 saturated carbocycles. The van der Waals surface area contributed by atoms with Crippen molar-refractivity contribution < 1.29 is 0 Å². The minimum Gasteiger partial charge on any atom is -0.383 e. The van der Waals surface area contributed by atoms with Crippen molar-refractivity contribution in [2.45, 2.75) is 4.90 Å². The lowest BCUT2D eigenvalue weighted by atomic mass is 10.3. The molecule has 3 N–H and O–H groups in total. The predicted octanol–water partition coefficient (Wildman–Crippen LogP) is 3.29. The molecule has 2 rings (SSSR count). The van der Waals surface area contributed by atoms with Crippen molar-refractivity contribution in [2.75, 3.05) is 17.3 Å². The minimum absolute atomic E-state index is 0.420. The highest BCUT2D eigenvalue weighted by atomic mass is 79.9. The summed E-state index contributed by atoms with van der Waals surface area (Å²) in [6.45, 7) is 0. The molecule has 0 atom stereocenters. The average Bonchev–Trinajstić information content (AvgIpc) is 2.35. The Hall–Kier alpha value is -1.27. The zero-order chi connectivity index (χ0) is 12.3. The van der Waals surface area contributed by atoms with Crippen molar-refractivity contribution in [3.63, 3.8) is 0 Å². The molecular formula is C11H11BrN4S. The van der Waals surface area contributed by atoms with Gasteiger partial charge in [0.1, 0.15) is 22.4 Å². The van der Waals surface area contributed by atoms with Crippen LogP contribution in [0.25, 0.3) is 0 Å². The van der Waals surface area contributed by atoms with Crippen molar-refractivity contribution in [3.8, 4) is 0 Å². The Morgan fingerprint density at radius 1 is 1.35 bits per heavy atom. The first-order chi connectivity index (χ1) is 8.20. The summed E-state index contributed by atoms with van der Waals surface area (Å²) in [5.74, 6) is 1.08. The summed E-state index contributed by atoms with van der Waals surface area (Å²) in [5.41, 5.74) is 6.66. The van der Waals surface area contributed by atoms with Gasteiger partial charge in [-0.2, -0.15) is 0 Å². The number of anilines is 3. The van der Waals surface area contributed by atoms with Crippen LogP contribution in [0.2, 0.25) is 0 Å². The largest absolute Gasteiger partial charge is 0.383 e. The Kier molecular flexibility index (Phi) is 3.86. The van der Waals surface area contributed by atoms with E-state index in [2.05, 4.69) is 43.3 Å². The zero-order valence-corrected chi connectivity index (χ0v) is 11.5. The fraction of sp³-hybridized carbons (Fsp3) is 0.0909. The Morgan fingerprint density at radius 2 is 2.18 bits per heavy atom. The van der Waals surface area contributed by atoms with Crippen LogP contribution in [0.15, 0.2) is 40.0 Å². The van der Waals surface area contributed by atoms with Gasteiger partial charge in [0.2, 0.25) is 0 Å². The maximum atomic E-state index is 5.69. The molecule has 0 spiro atoms. The molecular weight excluding hydrogens is 300 g/mol. The number of hydrogen-bond donors (Lipinski definition) is 2. The topological polar surface area (TPSA) is 63.8 Å². The maximum absolute atomic E-state index is 5.69. The highest BCUT2D eigenvalue weighted by Crippen LogP contribution is 2.28. The van der Waals surface area contributed by atoms with Gasteiger partial charge in [-0.25, -0.2) is 9.97 Å². The number of nitrogens with two attached hydrogens (primary N) is 1. The molecule has 88 valence electrons. The van der Waals surface area contributed by atoms with E-state index in [-0.39, 0.29) is 0 Å². The zero-order valence-electron chi connectivity index (χ0n) is 9.14. The number of rotatable bonds is 3. The highest BCUT2D eigenvalue weighted by Gasteiger charge is 2.06. The summed E-state index contributed by atoms with van der Waals surface area (Å²) < 4.78 is 0.676. The molecule has 0 bridgehead atoms. The number of aromatic nitrogens is 2. The molecule has 1 aromatic heterocycles. The van der Waals surface area contributed by atoms with Crippen molar-refractivity contribution >= 4 is 45.0 Å². The third kappa shape index (κ3) is 2.89. The molecule has 17 heavy (non-hydrogen) atoms. The lowest BCUT2D eigenvalue weighted by Crippen LogP contribution is -1.99.